The third-order valence-electron chi connectivity index (χ3n) is 5.45. The van der Waals surface area contributed by atoms with Crippen LogP contribution in [0.2, 0.25) is 0 Å². The molecule has 1 aromatic carbocycles. The van der Waals surface area contributed by atoms with Crippen LogP contribution >= 0.6 is 0 Å². The number of hydrogen-bond acceptors (Lipinski definition) is 6. The highest BCUT2D eigenvalue weighted by Gasteiger charge is 2.57. The van der Waals surface area contributed by atoms with Crippen LogP contribution in [-0.2, 0) is 11.4 Å². The number of benzene rings is 1. The lowest BCUT2D eigenvalue weighted by Gasteiger charge is -2.46. The summed E-state index contributed by atoms with van der Waals surface area (Å²) >= 11 is 0. The molecule has 1 heterocycles. The van der Waals surface area contributed by atoms with E-state index in [1.807, 2.05) is 49.3 Å². The molecule has 0 spiro atoms. The van der Waals surface area contributed by atoms with Gasteiger partial charge in [-0.3, -0.25) is 9.69 Å². The van der Waals surface area contributed by atoms with Gasteiger partial charge in [0, 0.05) is 11.5 Å². The molecule has 0 saturated carbocycles. The Labute approximate surface area is 157 Å². The average Bonchev–Trinajstić information content (AvgIpc) is 3.07. The van der Waals surface area contributed by atoms with Crippen LogP contribution in [0.3, 0.4) is 0 Å². The Kier molecular flexibility index (Phi) is 4.25. The Morgan fingerprint density at radius 1 is 1.37 bits per heavy atom. The van der Waals surface area contributed by atoms with E-state index in [0.717, 1.165) is 5.56 Å². The van der Waals surface area contributed by atoms with E-state index >= 15 is 0 Å². The van der Waals surface area contributed by atoms with E-state index in [0.29, 0.717) is 29.9 Å². The van der Waals surface area contributed by atoms with Crippen molar-refractivity contribution < 1.29 is 19.2 Å². The normalized spacial score (nSPS) is 26.8. The molecule has 0 radical (unpaired) electrons. The number of aromatic nitrogens is 1. The van der Waals surface area contributed by atoms with Gasteiger partial charge in [0.05, 0.1) is 11.6 Å². The molecule has 6 nitrogen and oxygen atoms in total. The summed E-state index contributed by atoms with van der Waals surface area (Å²) in [7, 11) is 3.78. The number of nitrogens with zero attached hydrogens (tertiary/aromatic N) is 2. The van der Waals surface area contributed by atoms with Crippen LogP contribution in [0.4, 0.5) is 0 Å². The lowest BCUT2D eigenvalue weighted by Crippen LogP contribution is -2.54. The topological polar surface area (TPSA) is 75.8 Å². The first-order valence-electron chi connectivity index (χ1n) is 8.90. The molecule has 1 aromatic heterocycles. The largest absolute Gasteiger partial charge is 0.470 e. The summed E-state index contributed by atoms with van der Waals surface area (Å²) in [6.07, 6.45) is 3.77. The van der Waals surface area contributed by atoms with Crippen molar-refractivity contribution in [2.24, 2.45) is 5.92 Å². The minimum atomic E-state index is -1.69. The quantitative estimate of drug-likeness (QED) is 0.897. The third-order valence-corrected chi connectivity index (χ3v) is 5.45. The van der Waals surface area contributed by atoms with Gasteiger partial charge in [0.15, 0.2) is 17.1 Å². The fourth-order valence-corrected chi connectivity index (χ4v) is 4.09. The van der Waals surface area contributed by atoms with Crippen LogP contribution in [0.15, 0.2) is 53.6 Å². The number of hydrogen-bond donors (Lipinski definition) is 1. The highest BCUT2D eigenvalue weighted by Crippen LogP contribution is 2.54. The van der Waals surface area contributed by atoms with Crippen molar-refractivity contribution in [1.29, 1.82) is 0 Å². The van der Waals surface area contributed by atoms with Gasteiger partial charge in [-0.2, -0.15) is 0 Å². The zero-order chi connectivity index (χ0) is 19.2. The first kappa shape index (κ1) is 17.7. The maximum Gasteiger partial charge on any atom is 0.262 e. The predicted molar refractivity (Wildman–Crippen MR) is 99.9 cm³/mol. The molecule has 0 amide bonds. The van der Waals surface area contributed by atoms with Crippen molar-refractivity contribution >= 4 is 11.4 Å². The lowest BCUT2D eigenvalue weighted by molar-refractivity contribution is -0.135. The Balaban J connectivity index is 1.75. The van der Waals surface area contributed by atoms with Crippen molar-refractivity contribution in [2.45, 2.75) is 24.7 Å². The highest BCUT2D eigenvalue weighted by molar-refractivity contribution is 6.08. The van der Waals surface area contributed by atoms with Crippen molar-refractivity contribution in [3.05, 3.63) is 65.9 Å². The van der Waals surface area contributed by atoms with Gasteiger partial charge in [-0.25, -0.2) is 0 Å². The number of carbonyl (C=O) groups is 1. The second kappa shape index (κ2) is 6.48. The summed E-state index contributed by atoms with van der Waals surface area (Å²) in [5, 5.41) is 15.5. The van der Waals surface area contributed by atoms with Crippen LogP contribution in [0.5, 0.6) is 5.88 Å². The van der Waals surface area contributed by atoms with Crippen LogP contribution in [0, 0.1) is 5.92 Å². The molecule has 0 unspecified atom stereocenters. The molecule has 6 heteroatoms. The van der Waals surface area contributed by atoms with Crippen LogP contribution in [0.25, 0.3) is 5.57 Å². The molecule has 27 heavy (non-hydrogen) atoms. The average molecular weight is 366 g/mol. The van der Waals surface area contributed by atoms with Gasteiger partial charge in [0.2, 0.25) is 0 Å². The summed E-state index contributed by atoms with van der Waals surface area (Å²) in [5.41, 5.74) is 0.0759. The van der Waals surface area contributed by atoms with E-state index in [1.165, 1.54) is 6.08 Å². The molecule has 0 fully saturated rings. The van der Waals surface area contributed by atoms with Crippen molar-refractivity contribution in [3.8, 4) is 5.88 Å². The highest BCUT2D eigenvalue weighted by atomic mass is 16.5. The van der Waals surface area contributed by atoms with Gasteiger partial charge in [-0.05, 0) is 37.3 Å². The number of ketones is 1. The van der Waals surface area contributed by atoms with E-state index in [1.54, 1.807) is 6.08 Å². The van der Waals surface area contributed by atoms with Gasteiger partial charge in [-0.15, -0.1) is 0 Å². The molecule has 0 aliphatic heterocycles. The Morgan fingerprint density at radius 2 is 2.11 bits per heavy atom. The van der Waals surface area contributed by atoms with Gasteiger partial charge in [0.1, 0.15) is 6.61 Å². The summed E-state index contributed by atoms with van der Waals surface area (Å²) in [6.45, 7) is 4.34. The third kappa shape index (κ3) is 2.64. The Morgan fingerprint density at radius 3 is 2.81 bits per heavy atom. The fraction of sp³-hybridized carbons (Fsp3) is 0.333. The number of carbonyl (C=O) groups excluding carboxylic acids is 1. The minimum Gasteiger partial charge on any atom is -0.470 e. The van der Waals surface area contributed by atoms with E-state index < -0.39 is 5.60 Å². The summed E-state index contributed by atoms with van der Waals surface area (Å²) < 4.78 is 11.5. The van der Waals surface area contributed by atoms with E-state index in [-0.39, 0.29) is 23.6 Å². The molecule has 2 aromatic rings. The molecular formula is C21H22N2O4. The van der Waals surface area contributed by atoms with Crippen molar-refractivity contribution in [1.82, 2.24) is 10.1 Å². The second-order valence-electron chi connectivity index (χ2n) is 7.26. The number of aliphatic hydroxyl groups is 1. The molecule has 1 N–H and O–H groups in total. The van der Waals surface area contributed by atoms with Gasteiger partial charge < -0.3 is 14.4 Å². The SMILES string of the molecule is C=C1c2c(OCc3ccccc3)noc2[C@H](N(C)C)[C@@H]2CC=CC(=O)[C@]12O. The zero-order valence-electron chi connectivity index (χ0n) is 15.4. The number of rotatable bonds is 4. The standard InChI is InChI=1S/C21H22N2O4/c1-13-17-19(27-22-20(17)26-12-14-8-5-4-6-9-14)18(23(2)3)15-10-7-11-16(24)21(13,15)25/h4-9,11,15,18,25H,1,10,12H2,2-3H3/t15-,18+,21-/m0/s1. The molecule has 140 valence electrons. The monoisotopic (exact) mass is 366 g/mol. The van der Waals surface area contributed by atoms with Gasteiger partial charge >= 0.3 is 0 Å². The fourth-order valence-electron chi connectivity index (χ4n) is 4.09. The number of allylic oxidation sites excluding steroid dienone is 1. The zero-order valence-corrected chi connectivity index (χ0v) is 15.4. The second-order valence-corrected chi connectivity index (χ2v) is 7.26. The Bertz CT molecular complexity index is 916. The van der Waals surface area contributed by atoms with E-state index in [9.17, 15) is 9.90 Å². The van der Waals surface area contributed by atoms with Crippen molar-refractivity contribution in [3.63, 3.8) is 0 Å². The van der Waals surface area contributed by atoms with Crippen LogP contribution in [0.1, 0.15) is 29.3 Å². The number of ether oxygens (including phenoxy) is 1. The lowest BCUT2D eigenvalue weighted by atomic mass is 9.64. The molecule has 3 atom stereocenters. The van der Waals surface area contributed by atoms with E-state index in [4.69, 9.17) is 9.26 Å². The molecule has 0 bridgehead atoms. The maximum atomic E-state index is 12.6. The van der Waals surface area contributed by atoms with Gasteiger partial charge in [0.25, 0.3) is 5.88 Å². The summed E-state index contributed by atoms with van der Waals surface area (Å²) in [5.74, 6) is 0.0714. The van der Waals surface area contributed by atoms with Gasteiger partial charge in [-0.1, -0.05) is 43.0 Å². The summed E-state index contributed by atoms with van der Waals surface area (Å²) in [6, 6.07) is 9.37. The molecule has 0 saturated heterocycles. The van der Waals surface area contributed by atoms with E-state index in [2.05, 4.69) is 11.7 Å². The predicted octanol–water partition coefficient (Wildman–Crippen LogP) is 2.76. The Hall–Kier alpha value is -2.70. The molecule has 2 aliphatic carbocycles. The van der Waals surface area contributed by atoms with Crippen LogP contribution < -0.4 is 4.74 Å². The first-order valence-corrected chi connectivity index (χ1v) is 8.90. The van der Waals surface area contributed by atoms with Crippen LogP contribution in [-0.4, -0.2) is 40.6 Å². The molecule has 2 aliphatic rings. The molecule has 4 rings (SSSR count). The minimum absolute atomic E-state index is 0.250. The smallest absolute Gasteiger partial charge is 0.262 e. The first-order chi connectivity index (χ1) is 12.9. The molecular weight excluding hydrogens is 344 g/mol. The number of fused-ring (bicyclic) bond motifs is 2. The maximum absolute atomic E-state index is 12.6. The van der Waals surface area contributed by atoms with Crippen molar-refractivity contribution in [2.75, 3.05) is 14.1 Å². The summed E-state index contributed by atoms with van der Waals surface area (Å²) in [4.78, 5) is 14.6.